The molecule has 0 aromatic heterocycles. The van der Waals surface area contributed by atoms with Crippen LogP contribution in [0.5, 0.6) is 0 Å². The third-order valence-corrected chi connectivity index (χ3v) is 11.0. The minimum absolute atomic E-state index is 0. The summed E-state index contributed by atoms with van der Waals surface area (Å²) in [6.07, 6.45) is 41.4. The molecule has 0 amide bonds. The third kappa shape index (κ3) is 22.2. The van der Waals surface area contributed by atoms with Crippen LogP contribution in [0.3, 0.4) is 0 Å². The van der Waals surface area contributed by atoms with Gasteiger partial charge in [-0.3, -0.25) is 4.99 Å². The van der Waals surface area contributed by atoms with Gasteiger partial charge in [-0.25, -0.2) is 4.99 Å². The smallest absolute Gasteiger partial charge is 0.0848 e. The number of unbranched alkanes of at least 4 members (excludes halogenated alkanes) is 21. The molecule has 0 fully saturated rings. The van der Waals surface area contributed by atoms with E-state index in [0.717, 1.165) is 67.7 Å². The van der Waals surface area contributed by atoms with Crippen molar-refractivity contribution in [2.75, 3.05) is 0 Å². The zero-order valence-electron chi connectivity index (χ0n) is 35.6. The van der Waals surface area contributed by atoms with E-state index in [1.807, 2.05) is 0 Å². The number of hydrogen-bond acceptors (Lipinski definition) is 2. The van der Waals surface area contributed by atoms with Crippen LogP contribution < -0.4 is 0 Å². The first-order chi connectivity index (χ1) is 25.6. The minimum atomic E-state index is 0. The van der Waals surface area contributed by atoms with Crippen LogP contribution in [-0.4, -0.2) is 11.4 Å². The Kier molecular flexibility index (Phi) is 30.9. The van der Waals surface area contributed by atoms with E-state index in [1.54, 1.807) is 0 Å². The van der Waals surface area contributed by atoms with Crippen LogP contribution in [0.4, 0.5) is 11.4 Å². The van der Waals surface area contributed by atoms with Gasteiger partial charge in [0.25, 0.3) is 0 Å². The summed E-state index contributed by atoms with van der Waals surface area (Å²) in [5, 5.41) is 0. The van der Waals surface area contributed by atoms with Gasteiger partial charge in [0.1, 0.15) is 0 Å². The predicted octanol–water partition coefficient (Wildman–Crippen LogP) is 16.7. The summed E-state index contributed by atoms with van der Waals surface area (Å²) in [6, 6.07) is 13.6. The monoisotopic (exact) mass is 769 g/mol. The second-order valence-corrected chi connectivity index (χ2v) is 15.4. The molecule has 2 nitrogen and oxygen atoms in total. The molecule has 0 aliphatic rings. The van der Waals surface area contributed by atoms with Crippen LogP contribution in [-0.2, 0) is 42.2 Å². The minimum Gasteiger partial charge on any atom is -0.251 e. The Bertz CT molecular complexity index is 1270. The van der Waals surface area contributed by atoms with Crippen molar-refractivity contribution in [2.45, 2.75) is 221 Å². The Labute approximate surface area is 340 Å². The van der Waals surface area contributed by atoms with Gasteiger partial charge in [-0.2, -0.15) is 0 Å². The van der Waals surface area contributed by atoms with Gasteiger partial charge in [0.2, 0.25) is 0 Å². The van der Waals surface area contributed by atoms with Crippen LogP contribution in [0.15, 0.2) is 58.5 Å². The number of nitrogens with zero attached hydrogens (tertiary/aromatic N) is 2. The van der Waals surface area contributed by atoms with Gasteiger partial charge < -0.3 is 0 Å². The normalized spacial score (nSPS) is 12.2. The molecule has 0 N–H and O–H groups in total. The summed E-state index contributed by atoms with van der Waals surface area (Å²) in [4.78, 5) is 10.7. The SMILES string of the molecule is CCCCCCCCCCCCCCCCCCCC/C=C/C(=Nc1ccc(CC)c(CC)c1)C(CCCCCC)=Nc1ccc(CC)c(CC)c1.[Ni]. The summed E-state index contributed by atoms with van der Waals surface area (Å²) in [7, 11) is 0. The van der Waals surface area contributed by atoms with Crippen molar-refractivity contribution in [3.63, 3.8) is 0 Å². The summed E-state index contributed by atoms with van der Waals surface area (Å²) in [6.45, 7) is 13.6. The van der Waals surface area contributed by atoms with Crippen molar-refractivity contribution in [2.24, 2.45) is 9.98 Å². The average molecular weight is 770 g/mol. The Morgan fingerprint density at radius 2 is 0.811 bits per heavy atom. The first-order valence-corrected chi connectivity index (χ1v) is 22.7. The Balaban J connectivity index is 0.0000140. The summed E-state index contributed by atoms with van der Waals surface area (Å²) in [5.41, 5.74) is 10.0. The molecule has 0 radical (unpaired) electrons. The molecule has 2 rings (SSSR count). The molecule has 0 heterocycles. The molecule has 0 unspecified atom stereocenters. The first kappa shape index (κ1) is 49.0. The maximum Gasteiger partial charge on any atom is 0.0848 e. The van der Waals surface area contributed by atoms with Crippen molar-refractivity contribution in [3.8, 4) is 0 Å². The van der Waals surface area contributed by atoms with Gasteiger partial charge in [-0.05, 0) is 104 Å². The molecular weight excluding hydrogens is 687 g/mol. The fourth-order valence-electron chi connectivity index (χ4n) is 7.52. The van der Waals surface area contributed by atoms with Crippen molar-refractivity contribution in [1.29, 1.82) is 0 Å². The molecule has 0 atom stereocenters. The van der Waals surface area contributed by atoms with E-state index in [-0.39, 0.29) is 16.5 Å². The molecule has 0 saturated carbocycles. The number of rotatable bonds is 32. The molecule has 3 heteroatoms. The van der Waals surface area contributed by atoms with Crippen molar-refractivity contribution >= 4 is 22.8 Å². The van der Waals surface area contributed by atoms with E-state index < -0.39 is 0 Å². The summed E-state index contributed by atoms with van der Waals surface area (Å²) < 4.78 is 0. The first-order valence-electron chi connectivity index (χ1n) is 22.7. The van der Waals surface area contributed by atoms with E-state index in [9.17, 15) is 0 Å². The molecule has 0 aliphatic carbocycles. The van der Waals surface area contributed by atoms with Crippen LogP contribution in [0, 0.1) is 0 Å². The molecule has 0 aliphatic heterocycles. The Morgan fingerprint density at radius 1 is 0.434 bits per heavy atom. The van der Waals surface area contributed by atoms with Crippen molar-refractivity contribution in [3.05, 3.63) is 70.8 Å². The van der Waals surface area contributed by atoms with Crippen LogP contribution in [0.25, 0.3) is 0 Å². The number of aryl methyl sites for hydroxylation is 4. The molecule has 0 bridgehead atoms. The van der Waals surface area contributed by atoms with Crippen molar-refractivity contribution in [1.82, 2.24) is 0 Å². The molecule has 2 aromatic rings. The fraction of sp³-hybridized carbons (Fsp3) is 0.680. The standard InChI is InChI=1S/C50H82N2.Ni/c1-7-13-15-17-18-19-20-21-22-23-24-25-26-27-28-29-30-31-32-34-36-50(52-48-40-38-44(10-4)46(12-6)42-48)49(35-33-16-14-8-2)51-47-39-37-43(9-3)45(11-5)41-47;/h34,36-42H,7-33,35H2,1-6H3;/b36-34+,51-49?,52-50?;. The molecule has 0 spiro atoms. The number of hydrogen-bond donors (Lipinski definition) is 0. The summed E-state index contributed by atoms with van der Waals surface area (Å²) in [5.74, 6) is 0. The van der Waals surface area contributed by atoms with Crippen LogP contribution in [0.2, 0.25) is 0 Å². The maximum absolute atomic E-state index is 5.35. The average Bonchev–Trinajstić information content (AvgIpc) is 3.17. The topological polar surface area (TPSA) is 24.7 Å². The Hall–Kier alpha value is -1.99. The van der Waals surface area contributed by atoms with Gasteiger partial charge in [-0.15, -0.1) is 0 Å². The van der Waals surface area contributed by atoms with Gasteiger partial charge >= 0.3 is 0 Å². The maximum atomic E-state index is 5.35. The van der Waals surface area contributed by atoms with E-state index in [0.29, 0.717) is 0 Å². The largest absolute Gasteiger partial charge is 0.251 e. The molecular formula is C50H82N2Ni. The predicted molar refractivity (Wildman–Crippen MR) is 236 cm³/mol. The molecule has 2 aromatic carbocycles. The molecule has 0 saturated heterocycles. The third-order valence-electron chi connectivity index (χ3n) is 11.0. The van der Waals surface area contributed by atoms with Gasteiger partial charge in [-0.1, -0.05) is 188 Å². The number of aliphatic imine (C=N–C) groups is 2. The van der Waals surface area contributed by atoms with E-state index in [1.165, 1.54) is 157 Å². The fourth-order valence-corrected chi connectivity index (χ4v) is 7.52. The van der Waals surface area contributed by atoms with Gasteiger partial charge in [0, 0.05) is 16.5 Å². The second kappa shape index (κ2) is 33.4. The zero-order chi connectivity index (χ0) is 37.5. The van der Waals surface area contributed by atoms with Gasteiger partial charge in [0.05, 0.1) is 22.8 Å². The second-order valence-electron chi connectivity index (χ2n) is 15.4. The van der Waals surface area contributed by atoms with Gasteiger partial charge in [0.15, 0.2) is 0 Å². The van der Waals surface area contributed by atoms with Crippen molar-refractivity contribution < 1.29 is 16.5 Å². The molecule has 302 valence electrons. The van der Waals surface area contributed by atoms with E-state index >= 15 is 0 Å². The summed E-state index contributed by atoms with van der Waals surface area (Å²) >= 11 is 0. The van der Waals surface area contributed by atoms with Crippen LogP contribution in [0.1, 0.15) is 218 Å². The van der Waals surface area contributed by atoms with Crippen LogP contribution >= 0.6 is 0 Å². The number of allylic oxidation sites excluding steroid dienone is 2. The quantitative estimate of drug-likeness (QED) is 0.0402. The zero-order valence-corrected chi connectivity index (χ0v) is 36.6. The van der Waals surface area contributed by atoms with E-state index in [2.05, 4.69) is 90.1 Å². The Morgan fingerprint density at radius 3 is 1.23 bits per heavy atom. The number of benzene rings is 2. The van der Waals surface area contributed by atoms with E-state index in [4.69, 9.17) is 9.98 Å². The molecule has 53 heavy (non-hydrogen) atoms.